The Kier molecular flexibility index (Phi) is 6.64. The predicted molar refractivity (Wildman–Crippen MR) is 100 cm³/mol. The number of benzene rings is 1. The smallest absolute Gasteiger partial charge is 0.226 e. The summed E-state index contributed by atoms with van der Waals surface area (Å²) in [5, 5.41) is 6.73. The molecule has 0 spiro atoms. The highest BCUT2D eigenvalue weighted by atomic mass is 16.2. The standard InChI is InChI=1S/C19H30N4O/c1-14(2)15(3)22-19(20-4)21-13-16-8-10-17(11-9-16)23-12-6-5-7-18(23)24/h8-11,14-15H,5-7,12-13H2,1-4H3,(H2,20,21,22). The molecular weight excluding hydrogens is 300 g/mol. The highest BCUT2D eigenvalue weighted by Crippen LogP contribution is 2.21. The first-order valence-corrected chi connectivity index (χ1v) is 8.87. The molecule has 1 unspecified atom stereocenters. The van der Waals surface area contributed by atoms with Crippen molar-refractivity contribution in [2.45, 2.75) is 52.6 Å². The van der Waals surface area contributed by atoms with Gasteiger partial charge in [-0.1, -0.05) is 26.0 Å². The van der Waals surface area contributed by atoms with Crippen LogP contribution in [0.25, 0.3) is 0 Å². The number of carbonyl (C=O) groups is 1. The van der Waals surface area contributed by atoms with Crippen molar-refractivity contribution in [2.75, 3.05) is 18.5 Å². The van der Waals surface area contributed by atoms with Crippen LogP contribution in [0.4, 0.5) is 5.69 Å². The van der Waals surface area contributed by atoms with Crippen LogP contribution in [0.5, 0.6) is 0 Å². The van der Waals surface area contributed by atoms with E-state index in [0.717, 1.165) is 31.0 Å². The largest absolute Gasteiger partial charge is 0.354 e. The van der Waals surface area contributed by atoms with Crippen LogP contribution in [0.2, 0.25) is 0 Å². The maximum Gasteiger partial charge on any atom is 0.226 e. The fraction of sp³-hybridized carbons (Fsp3) is 0.579. The second kappa shape index (κ2) is 8.71. The first-order valence-electron chi connectivity index (χ1n) is 8.87. The Balaban J connectivity index is 1.90. The Hall–Kier alpha value is -2.04. The quantitative estimate of drug-likeness (QED) is 0.645. The molecule has 2 rings (SSSR count). The van der Waals surface area contributed by atoms with Gasteiger partial charge in [-0.15, -0.1) is 0 Å². The van der Waals surface area contributed by atoms with E-state index in [1.54, 1.807) is 7.05 Å². The summed E-state index contributed by atoms with van der Waals surface area (Å²) in [6.45, 7) is 8.07. The van der Waals surface area contributed by atoms with Gasteiger partial charge in [0.15, 0.2) is 5.96 Å². The highest BCUT2D eigenvalue weighted by Gasteiger charge is 2.19. The first kappa shape index (κ1) is 18.3. The van der Waals surface area contributed by atoms with Crippen LogP contribution >= 0.6 is 0 Å². The van der Waals surface area contributed by atoms with Gasteiger partial charge >= 0.3 is 0 Å². The third-order valence-corrected chi connectivity index (χ3v) is 4.62. The van der Waals surface area contributed by atoms with Gasteiger partial charge in [0, 0.05) is 38.3 Å². The van der Waals surface area contributed by atoms with Gasteiger partial charge in [0.05, 0.1) is 0 Å². The van der Waals surface area contributed by atoms with Crippen molar-refractivity contribution >= 4 is 17.6 Å². The molecule has 0 radical (unpaired) electrons. The number of nitrogens with zero attached hydrogens (tertiary/aromatic N) is 2. The molecule has 0 saturated carbocycles. The maximum absolute atomic E-state index is 12.0. The van der Waals surface area contributed by atoms with Gasteiger partial charge in [-0.25, -0.2) is 0 Å². The molecule has 0 bridgehead atoms. The second-order valence-electron chi connectivity index (χ2n) is 6.77. The number of rotatable bonds is 5. The molecule has 1 saturated heterocycles. The van der Waals surface area contributed by atoms with Gasteiger partial charge in [-0.05, 0) is 43.4 Å². The summed E-state index contributed by atoms with van der Waals surface area (Å²) in [7, 11) is 1.79. The SMILES string of the molecule is CN=C(NCc1ccc(N2CCCCC2=O)cc1)NC(C)C(C)C. The Bertz CT molecular complexity index is 565. The molecule has 1 aromatic rings. The summed E-state index contributed by atoms with van der Waals surface area (Å²) in [5.74, 6) is 1.59. The van der Waals surface area contributed by atoms with Gasteiger partial charge in [-0.2, -0.15) is 0 Å². The van der Waals surface area contributed by atoms with Gasteiger partial charge in [0.25, 0.3) is 0 Å². The number of piperidine rings is 1. The zero-order chi connectivity index (χ0) is 17.5. The van der Waals surface area contributed by atoms with Crippen molar-refractivity contribution in [3.63, 3.8) is 0 Å². The highest BCUT2D eigenvalue weighted by molar-refractivity contribution is 5.93. The average Bonchev–Trinajstić information content (AvgIpc) is 2.59. The molecule has 1 amide bonds. The van der Waals surface area contributed by atoms with Crippen molar-refractivity contribution in [1.82, 2.24) is 10.6 Å². The molecular formula is C19H30N4O. The number of hydrogen-bond acceptors (Lipinski definition) is 2. The molecule has 24 heavy (non-hydrogen) atoms. The van der Waals surface area contributed by atoms with Crippen LogP contribution < -0.4 is 15.5 Å². The summed E-state index contributed by atoms with van der Waals surface area (Å²) in [6.07, 6.45) is 2.77. The Labute approximate surface area is 145 Å². The topological polar surface area (TPSA) is 56.7 Å². The minimum absolute atomic E-state index is 0.236. The molecule has 5 nitrogen and oxygen atoms in total. The molecule has 1 aliphatic heterocycles. The molecule has 1 fully saturated rings. The number of carbonyl (C=O) groups excluding carboxylic acids is 1. The van der Waals surface area contributed by atoms with E-state index < -0.39 is 0 Å². The van der Waals surface area contributed by atoms with Crippen LogP contribution in [-0.2, 0) is 11.3 Å². The van der Waals surface area contributed by atoms with E-state index in [2.05, 4.69) is 48.5 Å². The van der Waals surface area contributed by atoms with Crippen LogP contribution in [0.1, 0.15) is 45.6 Å². The Morgan fingerprint density at radius 2 is 1.92 bits per heavy atom. The molecule has 0 aromatic heterocycles. The van der Waals surface area contributed by atoms with Crippen LogP contribution in [-0.4, -0.2) is 31.5 Å². The molecule has 1 atom stereocenters. The van der Waals surface area contributed by atoms with Crippen molar-refractivity contribution in [3.05, 3.63) is 29.8 Å². The molecule has 5 heteroatoms. The summed E-state index contributed by atoms with van der Waals surface area (Å²) < 4.78 is 0. The van der Waals surface area contributed by atoms with E-state index in [4.69, 9.17) is 0 Å². The second-order valence-corrected chi connectivity index (χ2v) is 6.77. The summed E-state index contributed by atoms with van der Waals surface area (Å²) in [6, 6.07) is 8.58. The lowest BCUT2D eigenvalue weighted by atomic mass is 10.1. The summed E-state index contributed by atoms with van der Waals surface area (Å²) in [4.78, 5) is 18.1. The fourth-order valence-electron chi connectivity index (χ4n) is 2.64. The molecule has 132 valence electrons. The first-order chi connectivity index (χ1) is 11.5. The van der Waals surface area contributed by atoms with Crippen LogP contribution in [0.3, 0.4) is 0 Å². The van der Waals surface area contributed by atoms with Crippen molar-refractivity contribution in [1.29, 1.82) is 0 Å². The third-order valence-electron chi connectivity index (χ3n) is 4.62. The van der Waals surface area contributed by atoms with Crippen LogP contribution in [0, 0.1) is 5.92 Å². The monoisotopic (exact) mass is 330 g/mol. The number of guanidine groups is 1. The molecule has 1 aromatic carbocycles. The number of anilines is 1. The molecule has 1 heterocycles. The summed E-state index contributed by atoms with van der Waals surface area (Å²) in [5.41, 5.74) is 2.17. The lowest BCUT2D eigenvalue weighted by Gasteiger charge is -2.27. The van der Waals surface area contributed by atoms with Gasteiger partial charge in [0.2, 0.25) is 5.91 Å². The van der Waals surface area contributed by atoms with Crippen LogP contribution in [0.15, 0.2) is 29.3 Å². The maximum atomic E-state index is 12.0. The Morgan fingerprint density at radius 1 is 1.21 bits per heavy atom. The number of hydrogen-bond donors (Lipinski definition) is 2. The van der Waals surface area contributed by atoms with E-state index >= 15 is 0 Å². The zero-order valence-corrected chi connectivity index (χ0v) is 15.3. The van der Waals surface area contributed by atoms with E-state index in [-0.39, 0.29) is 5.91 Å². The van der Waals surface area contributed by atoms with Crippen molar-refractivity contribution in [3.8, 4) is 0 Å². The average molecular weight is 330 g/mol. The number of nitrogens with one attached hydrogen (secondary N) is 2. The van der Waals surface area contributed by atoms with Gasteiger partial charge < -0.3 is 15.5 Å². The van der Waals surface area contributed by atoms with Gasteiger partial charge in [-0.3, -0.25) is 9.79 Å². The molecule has 1 aliphatic rings. The number of aliphatic imine (C=N–C) groups is 1. The minimum Gasteiger partial charge on any atom is -0.354 e. The zero-order valence-electron chi connectivity index (χ0n) is 15.3. The van der Waals surface area contributed by atoms with Gasteiger partial charge in [0.1, 0.15) is 0 Å². The van der Waals surface area contributed by atoms with E-state index in [1.165, 1.54) is 5.56 Å². The van der Waals surface area contributed by atoms with E-state index in [1.807, 2.05) is 17.0 Å². The summed E-state index contributed by atoms with van der Waals surface area (Å²) >= 11 is 0. The predicted octanol–water partition coefficient (Wildman–Crippen LogP) is 2.91. The lowest BCUT2D eigenvalue weighted by Crippen LogP contribution is -2.43. The molecule has 0 aliphatic carbocycles. The van der Waals surface area contributed by atoms with Crippen molar-refractivity contribution < 1.29 is 4.79 Å². The van der Waals surface area contributed by atoms with Crippen molar-refractivity contribution in [2.24, 2.45) is 10.9 Å². The lowest BCUT2D eigenvalue weighted by molar-refractivity contribution is -0.119. The normalized spacial score (nSPS) is 17.1. The van der Waals surface area contributed by atoms with E-state index in [0.29, 0.717) is 24.9 Å². The minimum atomic E-state index is 0.236. The van der Waals surface area contributed by atoms with E-state index in [9.17, 15) is 4.79 Å². The molecule has 2 N–H and O–H groups in total. The number of amides is 1. The Morgan fingerprint density at radius 3 is 2.50 bits per heavy atom. The fourth-order valence-corrected chi connectivity index (χ4v) is 2.64. The third kappa shape index (κ3) is 4.98.